The second kappa shape index (κ2) is 4.83. The second-order valence-electron chi connectivity index (χ2n) is 4.41. The van der Waals surface area contributed by atoms with Gasteiger partial charge in [0.25, 0.3) is 5.91 Å². The highest BCUT2D eigenvalue weighted by Gasteiger charge is 2.34. The number of nitrogens with zero attached hydrogens (tertiary/aromatic N) is 1. The lowest BCUT2D eigenvalue weighted by molar-refractivity contribution is -0.121. The number of hydrogen-bond acceptors (Lipinski definition) is 3. The molecule has 0 saturated carbocycles. The average Bonchev–Trinajstić information content (AvgIpc) is 2.82. The largest absolute Gasteiger partial charge is 0.398 e. The van der Waals surface area contributed by atoms with Gasteiger partial charge in [0.15, 0.2) is 11.6 Å². The first kappa shape index (κ1) is 13.3. The van der Waals surface area contributed by atoms with Crippen LogP contribution in [-0.4, -0.2) is 29.3 Å². The van der Waals surface area contributed by atoms with Gasteiger partial charge in [-0.25, -0.2) is 8.78 Å². The molecule has 4 N–H and O–H groups in total. The van der Waals surface area contributed by atoms with E-state index in [0.717, 1.165) is 12.1 Å². The zero-order valence-corrected chi connectivity index (χ0v) is 10.0. The van der Waals surface area contributed by atoms with E-state index >= 15 is 0 Å². The molecule has 1 aliphatic heterocycles. The number of likely N-dealkylation sites (tertiary alicyclic amines) is 1. The summed E-state index contributed by atoms with van der Waals surface area (Å²) < 4.78 is 26.1. The van der Waals surface area contributed by atoms with E-state index in [1.54, 1.807) is 0 Å². The quantitative estimate of drug-likeness (QED) is 0.772. The number of rotatable bonds is 2. The third-order valence-corrected chi connectivity index (χ3v) is 3.16. The van der Waals surface area contributed by atoms with Gasteiger partial charge in [0, 0.05) is 18.3 Å². The predicted octanol–water partition coefficient (Wildman–Crippen LogP) is 0.637. The standard InChI is InChI=1S/C12H13F2N3O2/c13-7-4-6(9(15)5-8(7)14)12(19)17-3-1-2-10(17)11(16)18/h4-5,10H,1-3,15H2,(H2,16,18). The summed E-state index contributed by atoms with van der Waals surface area (Å²) in [5.41, 5.74) is 10.4. The van der Waals surface area contributed by atoms with Gasteiger partial charge in [0.1, 0.15) is 6.04 Å². The zero-order chi connectivity index (χ0) is 14.2. The minimum atomic E-state index is -1.16. The minimum absolute atomic E-state index is 0.160. The van der Waals surface area contributed by atoms with Crippen LogP contribution in [0.3, 0.4) is 0 Å². The van der Waals surface area contributed by atoms with Crippen LogP contribution < -0.4 is 11.5 Å². The summed E-state index contributed by atoms with van der Waals surface area (Å²) in [5.74, 6) is -3.51. The van der Waals surface area contributed by atoms with E-state index in [0.29, 0.717) is 19.4 Å². The normalized spacial score (nSPS) is 18.6. The lowest BCUT2D eigenvalue weighted by atomic mass is 10.1. The smallest absolute Gasteiger partial charge is 0.256 e. The molecular formula is C12H13F2N3O2. The van der Waals surface area contributed by atoms with E-state index in [-0.39, 0.29) is 11.3 Å². The highest BCUT2D eigenvalue weighted by Crippen LogP contribution is 2.24. The number of hydrogen-bond donors (Lipinski definition) is 2. The van der Waals surface area contributed by atoms with Crippen molar-refractivity contribution in [1.82, 2.24) is 4.90 Å². The van der Waals surface area contributed by atoms with E-state index in [2.05, 4.69) is 0 Å². The molecule has 7 heteroatoms. The molecule has 2 rings (SSSR count). The van der Waals surface area contributed by atoms with Crippen LogP contribution in [0, 0.1) is 11.6 Å². The molecule has 1 aromatic rings. The van der Waals surface area contributed by atoms with Crippen LogP contribution in [0.2, 0.25) is 0 Å². The number of benzene rings is 1. The van der Waals surface area contributed by atoms with E-state index in [1.165, 1.54) is 4.90 Å². The molecule has 0 aromatic heterocycles. The van der Waals surface area contributed by atoms with Gasteiger partial charge in [-0.1, -0.05) is 0 Å². The monoisotopic (exact) mass is 269 g/mol. The summed E-state index contributed by atoms with van der Waals surface area (Å²) in [6.07, 6.45) is 1.09. The minimum Gasteiger partial charge on any atom is -0.398 e. The van der Waals surface area contributed by atoms with Gasteiger partial charge in [-0.2, -0.15) is 0 Å². The Morgan fingerprint density at radius 2 is 1.89 bits per heavy atom. The lowest BCUT2D eigenvalue weighted by Gasteiger charge is -2.22. The fourth-order valence-electron chi connectivity index (χ4n) is 2.21. The Morgan fingerprint density at radius 3 is 2.53 bits per heavy atom. The second-order valence-corrected chi connectivity index (χ2v) is 4.41. The van der Waals surface area contributed by atoms with Gasteiger partial charge in [-0.05, 0) is 18.9 Å². The number of carbonyl (C=O) groups excluding carboxylic acids is 2. The van der Waals surface area contributed by atoms with Crippen LogP contribution in [0.25, 0.3) is 0 Å². The average molecular weight is 269 g/mol. The maximum absolute atomic E-state index is 13.2. The van der Waals surface area contributed by atoms with Crippen molar-refractivity contribution in [1.29, 1.82) is 0 Å². The molecule has 1 saturated heterocycles. The fraction of sp³-hybridized carbons (Fsp3) is 0.333. The van der Waals surface area contributed by atoms with Crippen LogP contribution in [0.1, 0.15) is 23.2 Å². The van der Waals surface area contributed by atoms with Gasteiger partial charge in [-0.15, -0.1) is 0 Å². The summed E-state index contributed by atoms with van der Waals surface area (Å²) in [4.78, 5) is 24.7. The topological polar surface area (TPSA) is 89.4 Å². The van der Waals surface area contributed by atoms with E-state index in [1.807, 2.05) is 0 Å². The molecule has 2 amide bonds. The number of anilines is 1. The molecule has 1 aliphatic rings. The van der Waals surface area contributed by atoms with Crippen molar-refractivity contribution in [3.63, 3.8) is 0 Å². The summed E-state index contributed by atoms with van der Waals surface area (Å²) in [6.45, 7) is 0.338. The van der Waals surface area contributed by atoms with Gasteiger partial charge in [0.2, 0.25) is 5.91 Å². The van der Waals surface area contributed by atoms with E-state index < -0.39 is 29.5 Å². The van der Waals surface area contributed by atoms with Crippen LogP contribution in [-0.2, 0) is 4.79 Å². The molecule has 1 fully saturated rings. The maximum Gasteiger partial charge on any atom is 0.256 e. The Morgan fingerprint density at radius 1 is 1.26 bits per heavy atom. The third-order valence-electron chi connectivity index (χ3n) is 3.16. The number of nitrogen functional groups attached to an aromatic ring is 1. The number of halogens is 2. The first-order chi connectivity index (χ1) is 8.91. The molecule has 0 radical (unpaired) electrons. The molecule has 1 atom stereocenters. The Kier molecular flexibility index (Phi) is 3.37. The molecule has 1 unspecified atom stereocenters. The summed E-state index contributed by atoms with van der Waals surface area (Å²) in [7, 11) is 0. The van der Waals surface area contributed by atoms with E-state index in [9.17, 15) is 18.4 Å². The molecule has 0 bridgehead atoms. The molecule has 102 valence electrons. The van der Waals surface area contributed by atoms with Gasteiger partial charge < -0.3 is 16.4 Å². The van der Waals surface area contributed by atoms with Crippen molar-refractivity contribution < 1.29 is 18.4 Å². The van der Waals surface area contributed by atoms with Crippen molar-refractivity contribution in [2.24, 2.45) is 5.73 Å². The molecular weight excluding hydrogens is 256 g/mol. The van der Waals surface area contributed by atoms with Crippen LogP contribution >= 0.6 is 0 Å². The van der Waals surface area contributed by atoms with E-state index in [4.69, 9.17) is 11.5 Å². The molecule has 1 aromatic carbocycles. The Bertz CT molecular complexity index is 548. The van der Waals surface area contributed by atoms with Gasteiger partial charge in [0.05, 0.1) is 5.56 Å². The van der Waals surface area contributed by atoms with Crippen molar-refractivity contribution in [3.8, 4) is 0 Å². The van der Waals surface area contributed by atoms with Crippen LogP contribution in [0.5, 0.6) is 0 Å². The highest BCUT2D eigenvalue weighted by atomic mass is 19.2. The molecule has 19 heavy (non-hydrogen) atoms. The van der Waals surface area contributed by atoms with Crippen LogP contribution in [0.4, 0.5) is 14.5 Å². The first-order valence-corrected chi connectivity index (χ1v) is 5.76. The molecule has 0 spiro atoms. The Labute approximate surface area is 108 Å². The van der Waals surface area contributed by atoms with Crippen molar-refractivity contribution in [3.05, 3.63) is 29.3 Å². The maximum atomic E-state index is 13.2. The number of amides is 2. The number of carbonyl (C=O) groups is 2. The zero-order valence-electron chi connectivity index (χ0n) is 10.0. The van der Waals surface area contributed by atoms with Gasteiger partial charge in [-0.3, -0.25) is 9.59 Å². The summed E-state index contributed by atoms with van der Waals surface area (Å²) >= 11 is 0. The SMILES string of the molecule is NC(=O)C1CCCN1C(=O)c1cc(F)c(F)cc1N. The summed E-state index contributed by atoms with van der Waals surface area (Å²) in [5, 5.41) is 0. The third kappa shape index (κ3) is 2.35. The highest BCUT2D eigenvalue weighted by molar-refractivity contribution is 6.01. The van der Waals surface area contributed by atoms with Crippen LogP contribution in [0.15, 0.2) is 12.1 Å². The lowest BCUT2D eigenvalue weighted by Crippen LogP contribution is -2.43. The van der Waals surface area contributed by atoms with Crippen molar-refractivity contribution >= 4 is 17.5 Å². The number of primary amides is 1. The summed E-state index contributed by atoms with van der Waals surface area (Å²) in [6, 6.07) is 0.765. The molecule has 0 aliphatic carbocycles. The molecule has 5 nitrogen and oxygen atoms in total. The molecule has 1 heterocycles. The number of nitrogens with two attached hydrogens (primary N) is 2. The van der Waals surface area contributed by atoms with Gasteiger partial charge >= 0.3 is 0 Å². The Hall–Kier alpha value is -2.18. The predicted molar refractivity (Wildman–Crippen MR) is 64.0 cm³/mol. The first-order valence-electron chi connectivity index (χ1n) is 5.76. The van der Waals surface area contributed by atoms with Crippen molar-refractivity contribution in [2.75, 3.05) is 12.3 Å². The fourth-order valence-corrected chi connectivity index (χ4v) is 2.21. The Balaban J connectivity index is 2.34. The van der Waals surface area contributed by atoms with Crippen molar-refractivity contribution in [2.45, 2.75) is 18.9 Å².